The zero-order chi connectivity index (χ0) is 15.8. The van der Waals surface area contributed by atoms with Gasteiger partial charge in [0, 0.05) is 16.9 Å². The van der Waals surface area contributed by atoms with E-state index in [2.05, 4.69) is 33.5 Å². The predicted molar refractivity (Wildman–Crippen MR) is 99.3 cm³/mol. The van der Waals surface area contributed by atoms with Crippen molar-refractivity contribution in [2.24, 2.45) is 5.92 Å². The van der Waals surface area contributed by atoms with E-state index in [-0.39, 0.29) is 18.3 Å². The monoisotopic (exact) mass is 404 g/mol. The van der Waals surface area contributed by atoms with E-state index < -0.39 is 0 Å². The highest BCUT2D eigenvalue weighted by Crippen LogP contribution is 2.16. The lowest BCUT2D eigenvalue weighted by molar-refractivity contribution is -0.122. The highest BCUT2D eigenvalue weighted by Gasteiger charge is 2.22. The maximum atomic E-state index is 11.9. The van der Waals surface area contributed by atoms with Crippen LogP contribution in [0.3, 0.4) is 0 Å². The Bertz CT molecular complexity index is 470. The van der Waals surface area contributed by atoms with Crippen LogP contribution in [-0.4, -0.2) is 31.6 Å². The molecule has 2 N–H and O–H groups in total. The number of unbranched alkanes of at least 4 members (excludes halogenated alkanes) is 1. The summed E-state index contributed by atoms with van der Waals surface area (Å²) in [5.74, 6) is 1.55. The summed E-state index contributed by atoms with van der Waals surface area (Å²) in [5, 5.41) is 6.50. The molecule has 1 aromatic rings. The Morgan fingerprint density at radius 3 is 2.78 bits per heavy atom. The van der Waals surface area contributed by atoms with Crippen LogP contribution in [0.4, 0.5) is 0 Å². The molecule has 0 bridgehead atoms. The van der Waals surface area contributed by atoms with Gasteiger partial charge in [0.1, 0.15) is 5.75 Å². The third-order valence-corrected chi connectivity index (χ3v) is 4.54. The summed E-state index contributed by atoms with van der Waals surface area (Å²) < 4.78 is 6.69. The largest absolute Gasteiger partial charge is 0.494 e. The fourth-order valence-corrected chi connectivity index (χ4v) is 2.88. The van der Waals surface area contributed by atoms with Crippen molar-refractivity contribution in [2.45, 2.75) is 38.6 Å². The predicted octanol–water partition coefficient (Wildman–Crippen LogP) is 3.53. The van der Waals surface area contributed by atoms with Crippen molar-refractivity contribution in [3.05, 3.63) is 28.7 Å². The van der Waals surface area contributed by atoms with E-state index >= 15 is 0 Å². The quantitative estimate of drug-likeness (QED) is 0.682. The van der Waals surface area contributed by atoms with Crippen LogP contribution in [0.2, 0.25) is 0 Å². The van der Waals surface area contributed by atoms with Gasteiger partial charge in [-0.15, -0.1) is 12.4 Å². The van der Waals surface area contributed by atoms with Crippen LogP contribution in [0.15, 0.2) is 28.7 Å². The SMILES string of the molecule is CC1CNCCC1NC(=O)CCCCOc1ccc(Br)cc1.Cl. The minimum Gasteiger partial charge on any atom is -0.494 e. The number of nitrogens with one attached hydrogen (secondary N) is 2. The van der Waals surface area contributed by atoms with Crippen molar-refractivity contribution < 1.29 is 9.53 Å². The molecule has 6 heteroatoms. The molecular weight excluding hydrogens is 380 g/mol. The lowest BCUT2D eigenvalue weighted by Crippen LogP contribution is -2.48. The van der Waals surface area contributed by atoms with Crippen LogP contribution in [0.1, 0.15) is 32.6 Å². The Morgan fingerprint density at radius 2 is 2.09 bits per heavy atom. The van der Waals surface area contributed by atoms with Crippen molar-refractivity contribution in [1.82, 2.24) is 10.6 Å². The smallest absolute Gasteiger partial charge is 0.220 e. The summed E-state index contributed by atoms with van der Waals surface area (Å²) in [6.07, 6.45) is 3.37. The van der Waals surface area contributed by atoms with E-state index in [0.717, 1.165) is 42.6 Å². The fraction of sp³-hybridized carbons (Fsp3) is 0.588. The van der Waals surface area contributed by atoms with Crippen LogP contribution in [0, 0.1) is 5.92 Å². The Hall–Kier alpha value is -0.780. The third kappa shape index (κ3) is 7.55. The first-order chi connectivity index (χ1) is 10.6. The molecule has 1 aliphatic rings. The Balaban J connectivity index is 0.00000264. The molecule has 2 atom stereocenters. The second-order valence-corrected chi connectivity index (χ2v) is 6.82. The molecule has 1 aliphatic heterocycles. The molecule has 0 saturated carbocycles. The molecule has 1 saturated heterocycles. The molecule has 2 unspecified atom stereocenters. The van der Waals surface area contributed by atoms with Crippen LogP contribution in [0.25, 0.3) is 0 Å². The lowest BCUT2D eigenvalue weighted by atomic mass is 9.95. The molecule has 130 valence electrons. The summed E-state index contributed by atoms with van der Waals surface area (Å²) in [7, 11) is 0. The van der Waals surface area contributed by atoms with Gasteiger partial charge in [-0.1, -0.05) is 22.9 Å². The molecule has 1 amide bonds. The first kappa shape index (κ1) is 20.3. The number of carbonyl (C=O) groups excluding carboxylic acids is 1. The minimum absolute atomic E-state index is 0. The Labute approximate surface area is 153 Å². The zero-order valence-electron chi connectivity index (χ0n) is 13.5. The zero-order valence-corrected chi connectivity index (χ0v) is 15.9. The summed E-state index contributed by atoms with van der Waals surface area (Å²) in [4.78, 5) is 11.9. The summed E-state index contributed by atoms with van der Waals surface area (Å²) in [5.41, 5.74) is 0. The number of hydrogen-bond acceptors (Lipinski definition) is 3. The van der Waals surface area contributed by atoms with E-state index in [0.29, 0.717) is 25.0 Å². The van der Waals surface area contributed by atoms with Gasteiger partial charge in [-0.05, 0) is 62.5 Å². The van der Waals surface area contributed by atoms with Gasteiger partial charge in [-0.2, -0.15) is 0 Å². The topological polar surface area (TPSA) is 50.4 Å². The molecule has 1 aromatic carbocycles. The molecule has 2 rings (SSSR count). The van der Waals surface area contributed by atoms with Crippen LogP contribution in [-0.2, 0) is 4.79 Å². The van der Waals surface area contributed by atoms with Gasteiger partial charge in [0.25, 0.3) is 0 Å². The van der Waals surface area contributed by atoms with Crippen molar-refractivity contribution in [3.8, 4) is 5.75 Å². The van der Waals surface area contributed by atoms with Crippen molar-refractivity contribution >= 4 is 34.2 Å². The molecule has 1 heterocycles. The molecular formula is C17H26BrClN2O2. The molecule has 0 aromatic heterocycles. The number of rotatable bonds is 7. The van der Waals surface area contributed by atoms with Gasteiger partial charge < -0.3 is 15.4 Å². The number of halogens is 2. The van der Waals surface area contributed by atoms with Crippen LogP contribution < -0.4 is 15.4 Å². The maximum Gasteiger partial charge on any atom is 0.220 e. The molecule has 0 aliphatic carbocycles. The average molecular weight is 406 g/mol. The standard InChI is InChI=1S/C17H25BrN2O2.ClH/c1-13-12-19-10-9-16(13)20-17(21)4-2-3-11-22-15-7-5-14(18)6-8-15;/h5-8,13,16,19H,2-4,9-12H2,1H3,(H,20,21);1H. The first-order valence-electron chi connectivity index (χ1n) is 8.03. The fourth-order valence-electron chi connectivity index (χ4n) is 2.62. The van der Waals surface area contributed by atoms with Crippen LogP contribution >= 0.6 is 28.3 Å². The van der Waals surface area contributed by atoms with E-state index in [1.165, 1.54) is 0 Å². The lowest BCUT2D eigenvalue weighted by Gasteiger charge is -2.30. The molecule has 4 nitrogen and oxygen atoms in total. The second kappa shape index (κ2) is 10.9. The van der Waals surface area contributed by atoms with E-state index in [9.17, 15) is 4.79 Å². The van der Waals surface area contributed by atoms with E-state index in [1.807, 2.05) is 24.3 Å². The number of amides is 1. The summed E-state index contributed by atoms with van der Waals surface area (Å²) >= 11 is 3.40. The summed E-state index contributed by atoms with van der Waals surface area (Å²) in [6.45, 7) is 4.82. The normalized spacial score (nSPS) is 20.4. The first-order valence-corrected chi connectivity index (χ1v) is 8.83. The Kier molecular flexibility index (Phi) is 9.60. The number of piperidine rings is 1. The number of benzene rings is 1. The molecule has 1 fully saturated rings. The highest BCUT2D eigenvalue weighted by molar-refractivity contribution is 9.10. The molecule has 23 heavy (non-hydrogen) atoms. The number of carbonyl (C=O) groups is 1. The minimum atomic E-state index is 0. The van der Waals surface area contributed by atoms with E-state index in [1.54, 1.807) is 0 Å². The van der Waals surface area contributed by atoms with Gasteiger partial charge in [0.05, 0.1) is 6.61 Å². The van der Waals surface area contributed by atoms with Gasteiger partial charge in [0.15, 0.2) is 0 Å². The highest BCUT2D eigenvalue weighted by atomic mass is 79.9. The Morgan fingerprint density at radius 1 is 1.35 bits per heavy atom. The number of hydrogen-bond donors (Lipinski definition) is 2. The molecule has 0 radical (unpaired) electrons. The third-order valence-electron chi connectivity index (χ3n) is 4.01. The second-order valence-electron chi connectivity index (χ2n) is 5.90. The average Bonchev–Trinajstić information content (AvgIpc) is 2.51. The van der Waals surface area contributed by atoms with Gasteiger partial charge in [-0.25, -0.2) is 0 Å². The van der Waals surface area contributed by atoms with Gasteiger partial charge in [-0.3, -0.25) is 4.79 Å². The maximum absolute atomic E-state index is 11.9. The van der Waals surface area contributed by atoms with E-state index in [4.69, 9.17) is 4.74 Å². The number of ether oxygens (including phenoxy) is 1. The van der Waals surface area contributed by atoms with Crippen molar-refractivity contribution in [1.29, 1.82) is 0 Å². The van der Waals surface area contributed by atoms with Crippen molar-refractivity contribution in [3.63, 3.8) is 0 Å². The van der Waals surface area contributed by atoms with Crippen LogP contribution in [0.5, 0.6) is 5.75 Å². The van der Waals surface area contributed by atoms with Gasteiger partial charge >= 0.3 is 0 Å². The summed E-state index contributed by atoms with van der Waals surface area (Å²) in [6, 6.07) is 8.13. The molecule has 0 spiro atoms. The van der Waals surface area contributed by atoms with Crippen molar-refractivity contribution in [2.75, 3.05) is 19.7 Å². The van der Waals surface area contributed by atoms with Gasteiger partial charge in [0.2, 0.25) is 5.91 Å².